The van der Waals surface area contributed by atoms with Crippen LogP contribution in [0.3, 0.4) is 0 Å². The van der Waals surface area contributed by atoms with Gasteiger partial charge in [-0.3, -0.25) is 4.79 Å². The van der Waals surface area contributed by atoms with Gasteiger partial charge in [-0.15, -0.1) is 0 Å². The molecular weight excluding hydrogens is 398 g/mol. The summed E-state index contributed by atoms with van der Waals surface area (Å²) >= 11 is 0. The standard InChI is InChI=1S/C26H23N5O/c32-26(23-16-28-25(29-17-23)21-7-2-1-3-8-21)30-15-19-10-11-24(27-14-19)31-13-12-20-6-4-5-9-22(20)18-31/h1-11,14,16-17H,12-13,15,18H2,(H,30,32). The van der Waals surface area contributed by atoms with E-state index in [0.717, 1.165) is 36.5 Å². The third-order valence-electron chi connectivity index (χ3n) is 5.66. The Balaban J connectivity index is 1.18. The lowest BCUT2D eigenvalue weighted by molar-refractivity contribution is 0.0950. The average Bonchev–Trinajstić information content (AvgIpc) is 2.88. The molecule has 0 spiro atoms. The van der Waals surface area contributed by atoms with E-state index < -0.39 is 0 Å². The van der Waals surface area contributed by atoms with Crippen LogP contribution in [-0.2, 0) is 19.5 Å². The van der Waals surface area contributed by atoms with Gasteiger partial charge < -0.3 is 10.2 Å². The van der Waals surface area contributed by atoms with E-state index in [1.54, 1.807) is 12.4 Å². The minimum Gasteiger partial charge on any atom is -0.352 e. The van der Waals surface area contributed by atoms with E-state index in [2.05, 4.69) is 49.4 Å². The number of carbonyl (C=O) groups is 1. The summed E-state index contributed by atoms with van der Waals surface area (Å²) in [4.78, 5) is 28.0. The highest BCUT2D eigenvalue weighted by atomic mass is 16.1. The summed E-state index contributed by atoms with van der Waals surface area (Å²) in [6.07, 6.45) is 5.96. The third kappa shape index (κ3) is 4.34. The van der Waals surface area contributed by atoms with Crippen molar-refractivity contribution in [2.75, 3.05) is 11.4 Å². The molecule has 6 heteroatoms. The first-order chi connectivity index (χ1) is 15.8. The van der Waals surface area contributed by atoms with Crippen molar-refractivity contribution in [1.82, 2.24) is 20.3 Å². The first kappa shape index (κ1) is 19.9. The van der Waals surface area contributed by atoms with Crippen molar-refractivity contribution in [3.05, 3.63) is 108 Å². The number of hydrogen-bond donors (Lipinski definition) is 1. The average molecular weight is 422 g/mol. The van der Waals surface area contributed by atoms with Gasteiger partial charge in [0.2, 0.25) is 0 Å². The second-order valence-electron chi connectivity index (χ2n) is 7.81. The zero-order valence-electron chi connectivity index (χ0n) is 17.6. The maximum Gasteiger partial charge on any atom is 0.254 e. The molecule has 158 valence electrons. The van der Waals surface area contributed by atoms with Gasteiger partial charge in [0, 0.05) is 43.8 Å². The molecule has 0 unspecified atom stereocenters. The number of anilines is 1. The fourth-order valence-corrected chi connectivity index (χ4v) is 3.87. The van der Waals surface area contributed by atoms with Crippen LogP contribution in [0.25, 0.3) is 11.4 Å². The summed E-state index contributed by atoms with van der Waals surface area (Å²) in [7, 11) is 0. The van der Waals surface area contributed by atoms with Crippen LogP contribution in [0.15, 0.2) is 85.3 Å². The van der Waals surface area contributed by atoms with Crippen LogP contribution in [0.4, 0.5) is 5.82 Å². The van der Waals surface area contributed by atoms with Crippen molar-refractivity contribution >= 4 is 11.7 Å². The van der Waals surface area contributed by atoms with Gasteiger partial charge in [-0.05, 0) is 29.2 Å². The SMILES string of the molecule is O=C(NCc1ccc(N2CCc3ccccc3C2)nc1)c1cnc(-c2ccccc2)nc1. The number of nitrogens with one attached hydrogen (secondary N) is 1. The number of hydrogen-bond acceptors (Lipinski definition) is 5. The van der Waals surface area contributed by atoms with E-state index in [-0.39, 0.29) is 5.91 Å². The van der Waals surface area contributed by atoms with E-state index in [1.807, 2.05) is 48.7 Å². The lowest BCUT2D eigenvalue weighted by atomic mass is 10.00. The van der Waals surface area contributed by atoms with Gasteiger partial charge >= 0.3 is 0 Å². The van der Waals surface area contributed by atoms with Crippen LogP contribution in [0, 0.1) is 0 Å². The number of benzene rings is 2. The summed E-state index contributed by atoms with van der Waals surface area (Å²) in [6, 6.07) is 22.3. The molecule has 0 bridgehead atoms. The van der Waals surface area contributed by atoms with E-state index in [1.165, 1.54) is 11.1 Å². The number of nitrogens with zero attached hydrogens (tertiary/aromatic N) is 4. The number of rotatable bonds is 5. The van der Waals surface area contributed by atoms with Crippen LogP contribution in [0.1, 0.15) is 27.0 Å². The van der Waals surface area contributed by atoms with Crippen LogP contribution in [0.2, 0.25) is 0 Å². The maximum absolute atomic E-state index is 12.5. The highest BCUT2D eigenvalue weighted by Crippen LogP contribution is 2.23. The predicted molar refractivity (Wildman–Crippen MR) is 124 cm³/mol. The minimum absolute atomic E-state index is 0.207. The van der Waals surface area contributed by atoms with E-state index in [4.69, 9.17) is 0 Å². The lowest BCUT2D eigenvalue weighted by Crippen LogP contribution is -2.31. The normalized spacial score (nSPS) is 12.8. The molecule has 0 saturated heterocycles. The fourth-order valence-electron chi connectivity index (χ4n) is 3.87. The summed E-state index contributed by atoms with van der Waals surface area (Å²) < 4.78 is 0. The monoisotopic (exact) mass is 421 g/mol. The topological polar surface area (TPSA) is 71.0 Å². The number of aromatic nitrogens is 3. The molecule has 4 aromatic rings. The number of pyridine rings is 1. The Labute approximate surface area is 187 Å². The Morgan fingerprint density at radius 2 is 1.59 bits per heavy atom. The molecule has 0 radical (unpaired) electrons. The Morgan fingerprint density at radius 3 is 2.34 bits per heavy atom. The summed E-state index contributed by atoms with van der Waals surface area (Å²) in [5.74, 6) is 1.35. The molecule has 5 rings (SSSR count). The second kappa shape index (κ2) is 8.98. The van der Waals surface area contributed by atoms with Crippen molar-refractivity contribution in [3.63, 3.8) is 0 Å². The van der Waals surface area contributed by atoms with Crippen LogP contribution in [0.5, 0.6) is 0 Å². The quantitative estimate of drug-likeness (QED) is 0.527. The van der Waals surface area contributed by atoms with Crippen molar-refractivity contribution in [1.29, 1.82) is 0 Å². The van der Waals surface area contributed by atoms with Gasteiger partial charge in [0.1, 0.15) is 5.82 Å². The Hall–Kier alpha value is -4.06. The van der Waals surface area contributed by atoms with E-state index in [9.17, 15) is 4.79 Å². The smallest absolute Gasteiger partial charge is 0.254 e. The number of amides is 1. The molecule has 0 fully saturated rings. The van der Waals surface area contributed by atoms with Crippen molar-refractivity contribution in [2.24, 2.45) is 0 Å². The zero-order valence-corrected chi connectivity index (χ0v) is 17.6. The zero-order chi connectivity index (χ0) is 21.8. The first-order valence-electron chi connectivity index (χ1n) is 10.7. The number of fused-ring (bicyclic) bond motifs is 1. The van der Waals surface area contributed by atoms with Gasteiger partial charge in [0.05, 0.1) is 5.56 Å². The fraction of sp³-hybridized carbons (Fsp3) is 0.154. The largest absolute Gasteiger partial charge is 0.352 e. The molecule has 2 aromatic heterocycles. The summed E-state index contributed by atoms with van der Waals surface area (Å²) in [5, 5.41) is 2.91. The van der Waals surface area contributed by atoms with Gasteiger partial charge in [-0.2, -0.15) is 0 Å². The maximum atomic E-state index is 12.5. The molecule has 32 heavy (non-hydrogen) atoms. The van der Waals surface area contributed by atoms with E-state index >= 15 is 0 Å². The minimum atomic E-state index is -0.207. The predicted octanol–water partition coefficient (Wildman–Crippen LogP) is 4.03. The molecule has 1 aliphatic rings. The van der Waals surface area contributed by atoms with Gasteiger partial charge in [0.25, 0.3) is 5.91 Å². The molecule has 3 heterocycles. The third-order valence-corrected chi connectivity index (χ3v) is 5.66. The number of carbonyl (C=O) groups excluding carboxylic acids is 1. The molecule has 2 aromatic carbocycles. The summed E-state index contributed by atoms with van der Waals surface area (Å²) in [5.41, 5.74) is 5.08. The molecule has 1 N–H and O–H groups in total. The van der Waals surface area contributed by atoms with Gasteiger partial charge in [-0.25, -0.2) is 15.0 Å². The first-order valence-corrected chi connectivity index (χ1v) is 10.7. The molecule has 1 aliphatic heterocycles. The molecule has 6 nitrogen and oxygen atoms in total. The van der Waals surface area contributed by atoms with Gasteiger partial charge in [0.15, 0.2) is 5.82 Å². The Bertz CT molecular complexity index is 1210. The highest BCUT2D eigenvalue weighted by molar-refractivity contribution is 5.93. The van der Waals surface area contributed by atoms with Gasteiger partial charge in [-0.1, -0.05) is 60.7 Å². The molecule has 0 aliphatic carbocycles. The molecule has 0 atom stereocenters. The molecule has 1 amide bonds. The van der Waals surface area contributed by atoms with Crippen molar-refractivity contribution in [3.8, 4) is 11.4 Å². The highest BCUT2D eigenvalue weighted by Gasteiger charge is 2.17. The Morgan fingerprint density at radius 1 is 0.844 bits per heavy atom. The van der Waals surface area contributed by atoms with Crippen molar-refractivity contribution in [2.45, 2.75) is 19.5 Å². The van der Waals surface area contributed by atoms with Crippen LogP contribution >= 0.6 is 0 Å². The molecule has 0 saturated carbocycles. The summed E-state index contributed by atoms with van der Waals surface area (Å²) in [6.45, 7) is 2.23. The van der Waals surface area contributed by atoms with E-state index in [0.29, 0.717) is 17.9 Å². The van der Waals surface area contributed by atoms with Crippen molar-refractivity contribution < 1.29 is 4.79 Å². The lowest BCUT2D eigenvalue weighted by Gasteiger charge is -2.29. The molecular formula is C26H23N5O. The Kier molecular flexibility index (Phi) is 5.58. The van der Waals surface area contributed by atoms with Crippen LogP contribution in [-0.4, -0.2) is 27.4 Å². The second-order valence-corrected chi connectivity index (χ2v) is 7.81. The van der Waals surface area contributed by atoms with Crippen LogP contribution < -0.4 is 10.2 Å².